The van der Waals surface area contributed by atoms with E-state index < -0.39 is 32.1 Å². The van der Waals surface area contributed by atoms with Gasteiger partial charge in [-0.15, -0.1) is 0 Å². The fraction of sp³-hybridized carbons (Fsp3) is 0.178. The highest BCUT2D eigenvalue weighted by molar-refractivity contribution is 7.87. The minimum Gasteiger partial charge on any atom is -0.379 e. The van der Waals surface area contributed by atoms with Crippen molar-refractivity contribution in [1.29, 1.82) is 0 Å². The first-order valence-corrected chi connectivity index (χ1v) is 21.2. The summed E-state index contributed by atoms with van der Waals surface area (Å²) in [4.78, 5) is 14.9. The number of nitrogens with one attached hydrogen (secondary N) is 2. The van der Waals surface area contributed by atoms with Gasteiger partial charge in [0, 0.05) is 13.1 Å². The molecule has 11 heteroatoms. The van der Waals surface area contributed by atoms with E-state index in [2.05, 4.69) is 34.9 Å². The van der Waals surface area contributed by atoms with Gasteiger partial charge in [0.25, 0.3) is 0 Å². The van der Waals surface area contributed by atoms with Crippen LogP contribution in [0.4, 0.5) is 0 Å². The first-order valence-electron chi connectivity index (χ1n) is 18.4. The van der Waals surface area contributed by atoms with Gasteiger partial charge < -0.3 is 19.0 Å². The summed E-state index contributed by atoms with van der Waals surface area (Å²) < 4.78 is 62.5. The van der Waals surface area contributed by atoms with E-state index in [1.807, 2.05) is 36.4 Å². The van der Waals surface area contributed by atoms with E-state index in [1.54, 1.807) is 84.9 Å². The molecule has 0 amide bonds. The first-order chi connectivity index (χ1) is 27.2. The highest BCUT2D eigenvalue weighted by Crippen LogP contribution is 2.30. The topological polar surface area (TPSA) is 128 Å². The number of rotatable bonds is 20. The molecule has 6 rings (SSSR count). The van der Waals surface area contributed by atoms with Crippen molar-refractivity contribution < 1.29 is 30.0 Å². The van der Waals surface area contributed by atoms with Crippen LogP contribution in [0.25, 0.3) is 0 Å². The zero-order valence-corrected chi connectivity index (χ0v) is 32.4. The Morgan fingerprint density at radius 3 is 1.11 bits per heavy atom. The molecule has 0 aliphatic rings. The van der Waals surface area contributed by atoms with Crippen LogP contribution < -0.4 is 19.0 Å². The van der Waals surface area contributed by atoms with Crippen molar-refractivity contribution >= 4 is 26.0 Å². The molecule has 0 spiro atoms. The van der Waals surface area contributed by atoms with Gasteiger partial charge in [0.15, 0.2) is 0 Å². The van der Waals surface area contributed by atoms with Gasteiger partial charge in [-0.3, -0.25) is 4.79 Å². The van der Waals surface area contributed by atoms with E-state index in [0.717, 1.165) is 12.8 Å². The smallest absolute Gasteiger partial charge is 0.339 e. The molecule has 2 unspecified atom stereocenters. The van der Waals surface area contributed by atoms with Gasteiger partial charge in [-0.25, -0.2) is 0 Å². The van der Waals surface area contributed by atoms with Crippen molar-refractivity contribution in [3.63, 3.8) is 0 Å². The van der Waals surface area contributed by atoms with Gasteiger partial charge >= 0.3 is 20.2 Å². The fourth-order valence-electron chi connectivity index (χ4n) is 6.29. The summed E-state index contributed by atoms with van der Waals surface area (Å²) in [6.07, 6.45) is 1.54. The number of hydrogen-bond donors (Lipinski definition) is 2. The summed E-state index contributed by atoms with van der Waals surface area (Å²) in [6, 6.07) is 49.1. The predicted octanol–water partition coefficient (Wildman–Crippen LogP) is 7.32. The van der Waals surface area contributed by atoms with E-state index in [1.165, 1.54) is 35.4 Å². The third-order valence-corrected chi connectivity index (χ3v) is 11.8. The molecule has 0 saturated carbocycles. The molecule has 0 aliphatic carbocycles. The maximum absolute atomic E-state index is 14.8. The Kier molecular flexibility index (Phi) is 13.8. The van der Waals surface area contributed by atoms with Crippen LogP contribution in [0, 0.1) is 0 Å². The summed E-state index contributed by atoms with van der Waals surface area (Å²) in [5, 5.41) is 6.96. The third-order valence-electron chi connectivity index (χ3n) is 9.29. The summed E-state index contributed by atoms with van der Waals surface area (Å²) >= 11 is 0. The van der Waals surface area contributed by atoms with Gasteiger partial charge in [-0.2, -0.15) is 16.8 Å². The Labute approximate surface area is 329 Å². The van der Waals surface area contributed by atoms with E-state index in [9.17, 15) is 21.6 Å². The minimum absolute atomic E-state index is 0.0384. The number of benzene rings is 6. The van der Waals surface area contributed by atoms with Crippen molar-refractivity contribution in [2.45, 2.75) is 34.5 Å². The lowest BCUT2D eigenvalue weighted by Gasteiger charge is -2.25. The molecule has 0 aliphatic heterocycles. The quantitative estimate of drug-likeness (QED) is 0.0604. The molecule has 288 valence electrons. The fourth-order valence-corrected chi connectivity index (χ4v) is 8.19. The molecule has 0 saturated heterocycles. The maximum atomic E-state index is 14.8. The number of hydrogen-bond acceptors (Lipinski definition) is 9. The monoisotopic (exact) mass is 788 g/mol. The summed E-state index contributed by atoms with van der Waals surface area (Å²) in [5.74, 6) is -1.07. The molecule has 0 heterocycles. The molecule has 9 nitrogen and oxygen atoms in total. The van der Waals surface area contributed by atoms with E-state index in [-0.39, 0.29) is 27.1 Å². The van der Waals surface area contributed by atoms with Crippen LogP contribution in [-0.2, 0) is 37.9 Å². The minimum atomic E-state index is -4.06. The van der Waals surface area contributed by atoms with Crippen LogP contribution in [-0.4, -0.2) is 48.8 Å². The largest absolute Gasteiger partial charge is 0.379 e. The molecule has 0 bridgehead atoms. The van der Waals surface area contributed by atoms with Gasteiger partial charge in [0.1, 0.15) is 27.1 Å². The lowest BCUT2D eigenvalue weighted by Crippen LogP contribution is -2.35. The Bertz CT molecular complexity index is 2180. The van der Waals surface area contributed by atoms with Crippen LogP contribution in [0.1, 0.15) is 34.1 Å². The van der Waals surface area contributed by atoms with Crippen molar-refractivity contribution in [3.8, 4) is 11.5 Å². The molecule has 0 fully saturated rings. The predicted molar refractivity (Wildman–Crippen MR) is 218 cm³/mol. The highest BCUT2D eigenvalue weighted by Gasteiger charge is 2.30. The molecular formula is C45H44N2O7S2. The van der Waals surface area contributed by atoms with Crippen molar-refractivity contribution in [3.05, 3.63) is 192 Å². The summed E-state index contributed by atoms with van der Waals surface area (Å²) in [6.45, 7) is 1.91. The molecule has 0 radical (unpaired) electrons. The molecule has 2 atom stereocenters. The van der Waals surface area contributed by atoms with E-state index in [4.69, 9.17) is 8.37 Å². The lowest BCUT2D eigenvalue weighted by atomic mass is 9.83. The van der Waals surface area contributed by atoms with Gasteiger partial charge in [0.05, 0.1) is 11.8 Å². The number of carbonyl (C=O) groups is 1. The zero-order chi connectivity index (χ0) is 39.2. The Morgan fingerprint density at radius 1 is 0.446 bits per heavy atom. The average molecular weight is 789 g/mol. The van der Waals surface area contributed by atoms with E-state index in [0.29, 0.717) is 37.3 Å². The molecule has 2 N–H and O–H groups in total. The van der Waals surface area contributed by atoms with Crippen molar-refractivity contribution in [1.82, 2.24) is 10.6 Å². The standard InChI is InChI=1S/C45H44N2O7S2/c48-45(43(33-46-31-29-35-13-5-1-6-14-35)37-21-25-39(26-22-37)53-55(49,50)41-17-9-3-10-18-41)44(34-47-32-30-36-15-7-2-8-16-36)38-23-27-40(28-24-38)54-56(51,52)42-19-11-4-12-20-42/h1-28,43-44,46-47H,29-34H2. The Morgan fingerprint density at radius 2 is 0.768 bits per heavy atom. The second kappa shape index (κ2) is 19.3. The zero-order valence-electron chi connectivity index (χ0n) is 30.7. The first kappa shape index (κ1) is 40.1. The van der Waals surface area contributed by atoms with Crippen LogP contribution in [0.5, 0.6) is 11.5 Å². The van der Waals surface area contributed by atoms with Crippen molar-refractivity contribution in [2.75, 3.05) is 26.2 Å². The molecular weight excluding hydrogens is 745 g/mol. The Balaban J connectivity index is 1.25. The van der Waals surface area contributed by atoms with Crippen LogP contribution >= 0.6 is 0 Å². The molecule has 56 heavy (non-hydrogen) atoms. The highest BCUT2D eigenvalue weighted by atomic mass is 32.2. The number of ketones is 1. The third kappa shape index (κ3) is 11.2. The van der Waals surface area contributed by atoms with Crippen molar-refractivity contribution in [2.24, 2.45) is 0 Å². The van der Waals surface area contributed by atoms with Crippen LogP contribution in [0.3, 0.4) is 0 Å². The maximum Gasteiger partial charge on any atom is 0.339 e. The number of Topliss-reactive ketones (excluding diaryl/α,β-unsaturated/α-hetero) is 1. The SMILES string of the molecule is O=C(C(CNCCc1ccccc1)c1ccc(OS(=O)(=O)c2ccccc2)cc1)C(CNCCc1ccccc1)c1ccc(OS(=O)(=O)c2ccccc2)cc1. The average Bonchev–Trinajstić information content (AvgIpc) is 3.23. The van der Waals surface area contributed by atoms with Gasteiger partial charge in [0.2, 0.25) is 0 Å². The normalized spacial score (nSPS) is 12.7. The Hall–Kier alpha value is -5.59. The van der Waals surface area contributed by atoms with Crippen LogP contribution in [0.2, 0.25) is 0 Å². The summed E-state index contributed by atoms with van der Waals surface area (Å²) in [5.41, 5.74) is 3.71. The van der Waals surface area contributed by atoms with Gasteiger partial charge in [-0.05, 0) is 96.7 Å². The molecule has 0 aromatic heterocycles. The van der Waals surface area contributed by atoms with E-state index >= 15 is 0 Å². The number of carbonyl (C=O) groups excluding carboxylic acids is 1. The molecule has 6 aromatic carbocycles. The van der Waals surface area contributed by atoms with Gasteiger partial charge in [-0.1, -0.05) is 121 Å². The second-order valence-electron chi connectivity index (χ2n) is 13.2. The lowest BCUT2D eigenvalue weighted by molar-refractivity contribution is -0.121. The second-order valence-corrected chi connectivity index (χ2v) is 16.3. The molecule has 6 aromatic rings. The van der Waals surface area contributed by atoms with Crippen LogP contribution in [0.15, 0.2) is 180 Å². The summed E-state index contributed by atoms with van der Waals surface area (Å²) in [7, 11) is -8.11.